The third kappa shape index (κ3) is 4.40. The van der Waals surface area contributed by atoms with E-state index >= 15 is 0 Å². The number of nitrogens with one attached hydrogen (secondary N) is 3. The zero-order valence-corrected chi connectivity index (χ0v) is 19.6. The molecule has 2 atom stereocenters. The van der Waals surface area contributed by atoms with Crippen molar-refractivity contribution in [2.24, 2.45) is 0 Å². The lowest BCUT2D eigenvalue weighted by atomic mass is 10.1. The Morgan fingerprint density at radius 3 is 3.06 bits per heavy atom. The predicted molar refractivity (Wildman–Crippen MR) is 127 cm³/mol. The van der Waals surface area contributed by atoms with E-state index in [0.29, 0.717) is 24.1 Å². The van der Waals surface area contributed by atoms with Gasteiger partial charge in [-0.1, -0.05) is 13.8 Å². The van der Waals surface area contributed by atoms with Crippen molar-refractivity contribution in [1.82, 2.24) is 20.2 Å². The maximum Gasteiger partial charge on any atom is 0.247 e. The average molecular weight is 464 g/mol. The molecule has 2 aliphatic rings. The molecule has 0 aromatic carbocycles. The van der Waals surface area contributed by atoms with Gasteiger partial charge in [0.2, 0.25) is 24.2 Å². The molecule has 5 rings (SSSR count). The molecule has 0 radical (unpaired) electrons. The van der Waals surface area contributed by atoms with Gasteiger partial charge in [-0.15, -0.1) is 0 Å². The van der Waals surface area contributed by atoms with Crippen molar-refractivity contribution in [3.8, 4) is 0 Å². The van der Waals surface area contributed by atoms with Crippen molar-refractivity contribution in [3.05, 3.63) is 47.5 Å². The molecule has 1 amide bonds. The van der Waals surface area contributed by atoms with Gasteiger partial charge in [-0.3, -0.25) is 15.1 Å². The molecule has 4 heterocycles. The topological polar surface area (TPSA) is 123 Å². The summed E-state index contributed by atoms with van der Waals surface area (Å²) < 4.78 is 0.922. The number of hydrogen-bond acceptors (Lipinski definition) is 7. The molecule has 178 valence electrons. The van der Waals surface area contributed by atoms with Crippen molar-refractivity contribution >= 4 is 29.2 Å². The third-order valence-corrected chi connectivity index (χ3v) is 6.77. The van der Waals surface area contributed by atoms with Gasteiger partial charge >= 0.3 is 0 Å². The van der Waals surface area contributed by atoms with Crippen LogP contribution in [-0.4, -0.2) is 43.9 Å². The molecule has 34 heavy (non-hydrogen) atoms. The first-order chi connectivity index (χ1) is 16.5. The molecule has 0 spiro atoms. The van der Waals surface area contributed by atoms with E-state index in [1.807, 2.05) is 11.0 Å². The maximum atomic E-state index is 13.1. The van der Waals surface area contributed by atoms with Gasteiger partial charge in [0.1, 0.15) is 17.5 Å². The van der Waals surface area contributed by atoms with E-state index in [9.17, 15) is 10.0 Å². The number of pyridine rings is 1. The van der Waals surface area contributed by atoms with Gasteiger partial charge in [0.15, 0.2) is 5.82 Å². The lowest BCUT2D eigenvalue weighted by molar-refractivity contribution is -0.904. The van der Waals surface area contributed by atoms with Gasteiger partial charge in [-0.25, -0.2) is 4.98 Å². The fourth-order valence-electron chi connectivity index (χ4n) is 4.69. The quantitative estimate of drug-likeness (QED) is 0.314. The molecule has 10 nitrogen and oxygen atoms in total. The molecule has 0 saturated carbocycles. The molecular formula is C24H31N8O2+. The van der Waals surface area contributed by atoms with Crippen LogP contribution in [0.15, 0.2) is 30.6 Å². The molecule has 4 N–H and O–H groups in total. The molecule has 2 unspecified atom stereocenters. The van der Waals surface area contributed by atoms with Gasteiger partial charge in [0.25, 0.3) is 0 Å². The number of hydrogen-bond donors (Lipinski definition) is 4. The highest BCUT2D eigenvalue weighted by atomic mass is 16.5. The van der Waals surface area contributed by atoms with Crippen LogP contribution < -0.4 is 20.3 Å². The summed E-state index contributed by atoms with van der Waals surface area (Å²) in [7, 11) is 0. The van der Waals surface area contributed by atoms with Gasteiger partial charge in [-0.05, 0) is 50.5 Å². The maximum absolute atomic E-state index is 13.1. The lowest BCUT2D eigenvalue weighted by Gasteiger charge is -2.25. The van der Waals surface area contributed by atoms with Crippen LogP contribution in [0.25, 0.3) is 0 Å². The van der Waals surface area contributed by atoms with Crippen LogP contribution in [0.1, 0.15) is 62.4 Å². The minimum Gasteiger partial charge on any atom is -0.329 e. The molecule has 1 saturated heterocycles. The minimum atomic E-state index is -0.373. The van der Waals surface area contributed by atoms with Gasteiger partial charge in [0, 0.05) is 34.7 Å². The summed E-state index contributed by atoms with van der Waals surface area (Å²) >= 11 is 0. The Morgan fingerprint density at radius 2 is 2.24 bits per heavy atom. The van der Waals surface area contributed by atoms with E-state index in [1.165, 1.54) is 12.4 Å². The zero-order chi connectivity index (χ0) is 23.7. The number of nitrogens with zero attached hydrogens (tertiary/aromatic N) is 5. The van der Waals surface area contributed by atoms with Crippen molar-refractivity contribution in [2.45, 2.75) is 64.3 Å². The Labute approximate surface area is 198 Å². The number of aryl methyl sites for hydroxylation is 1. The first-order valence-corrected chi connectivity index (χ1v) is 12.0. The van der Waals surface area contributed by atoms with Crippen molar-refractivity contribution < 1.29 is 14.7 Å². The van der Waals surface area contributed by atoms with Crippen LogP contribution in [-0.2, 0) is 17.6 Å². The zero-order valence-electron chi connectivity index (χ0n) is 19.6. The molecule has 1 fully saturated rings. The van der Waals surface area contributed by atoms with Crippen LogP contribution in [0.2, 0.25) is 0 Å². The van der Waals surface area contributed by atoms with E-state index in [4.69, 9.17) is 9.97 Å². The molecular weight excluding hydrogens is 432 g/mol. The summed E-state index contributed by atoms with van der Waals surface area (Å²) in [5.74, 6) is 2.36. The summed E-state index contributed by atoms with van der Waals surface area (Å²) in [4.78, 5) is 24.8. The van der Waals surface area contributed by atoms with E-state index in [0.717, 1.165) is 71.8 Å². The van der Waals surface area contributed by atoms with Gasteiger partial charge in [0.05, 0.1) is 5.69 Å². The summed E-state index contributed by atoms with van der Waals surface area (Å²) in [6.45, 7) is 5.04. The number of amides is 1. The number of fused-ring (bicyclic) bond motifs is 1. The molecule has 1 aliphatic carbocycles. The predicted octanol–water partition coefficient (Wildman–Crippen LogP) is 3.08. The number of H-pyrrole nitrogens is 1. The van der Waals surface area contributed by atoms with Crippen LogP contribution >= 0.6 is 0 Å². The summed E-state index contributed by atoms with van der Waals surface area (Å²) in [5.41, 5.74) is 3.81. The second kappa shape index (κ2) is 9.28. The highest BCUT2D eigenvalue weighted by Gasteiger charge is 2.34. The molecule has 3 aromatic heterocycles. The number of carbonyl (C=O) groups excluding carboxylic acids is 1. The van der Waals surface area contributed by atoms with E-state index in [-0.39, 0.29) is 11.9 Å². The highest BCUT2D eigenvalue weighted by molar-refractivity contribution is 5.96. The number of carbonyl (C=O) groups is 1. The summed E-state index contributed by atoms with van der Waals surface area (Å²) in [6.07, 6.45) is 8.47. The molecule has 1 aliphatic heterocycles. The lowest BCUT2D eigenvalue weighted by Crippen LogP contribution is -2.41. The smallest absolute Gasteiger partial charge is 0.247 e. The van der Waals surface area contributed by atoms with Crippen LogP contribution in [0.5, 0.6) is 0 Å². The van der Waals surface area contributed by atoms with E-state index < -0.39 is 0 Å². The van der Waals surface area contributed by atoms with Crippen molar-refractivity contribution in [2.75, 3.05) is 22.1 Å². The molecule has 0 bridgehead atoms. The first-order valence-electron chi connectivity index (χ1n) is 12.0. The molecule has 3 aromatic rings. The summed E-state index contributed by atoms with van der Waals surface area (Å²) in [6, 6.07) is 5.08. The van der Waals surface area contributed by atoms with Crippen LogP contribution in [0.3, 0.4) is 0 Å². The second-order valence-electron chi connectivity index (χ2n) is 9.11. The Morgan fingerprint density at radius 1 is 1.35 bits per heavy atom. The van der Waals surface area contributed by atoms with Crippen molar-refractivity contribution in [1.29, 1.82) is 0 Å². The summed E-state index contributed by atoms with van der Waals surface area (Å²) in [5, 5.41) is 23.5. The van der Waals surface area contributed by atoms with Crippen LogP contribution in [0, 0.1) is 0 Å². The second-order valence-corrected chi connectivity index (χ2v) is 9.11. The fraction of sp³-hybridized carbons (Fsp3) is 0.458. The molecule has 10 heteroatoms. The standard InChI is InChI=1S/C24H30N8O2/c1-3-15(2)19-13-21(30-29-19)27-22-17-8-4-9-18(17)26-24(28-22)32-12-6-10-20(32)23(33)25-16-7-5-11-31(34)14-16/h5,7,11,13-15,20H,3-4,6,8-10,12H2,1-2H3,(H3-,25,26,27,28,29,30,33,34)/p+1. The number of anilines is 4. The Bertz CT molecular complexity index is 1190. The monoisotopic (exact) mass is 463 g/mol. The average Bonchev–Trinajstić information content (AvgIpc) is 3.58. The number of aromatic nitrogens is 5. The van der Waals surface area contributed by atoms with E-state index in [2.05, 4.69) is 34.7 Å². The Hall–Kier alpha value is -3.69. The number of rotatable bonds is 7. The van der Waals surface area contributed by atoms with E-state index in [1.54, 1.807) is 12.1 Å². The third-order valence-electron chi connectivity index (χ3n) is 6.77. The van der Waals surface area contributed by atoms with Gasteiger partial charge in [-0.2, -0.15) is 10.1 Å². The normalized spacial score (nSPS) is 18.1. The number of aromatic amines is 1. The van der Waals surface area contributed by atoms with Gasteiger partial charge < -0.3 is 15.5 Å². The minimum absolute atomic E-state index is 0.132. The van der Waals surface area contributed by atoms with Crippen LogP contribution in [0.4, 0.5) is 23.3 Å². The SMILES string of the molecule is CCC(C)c1cc(Nc2nc(N3CCCC3C(=O)Nc3ccc[n+](O)c3)nc3c2CCC3)n[nH]1. The fourth-order valence-corrected chi connectivity index (χ4v) is 4.69. The largest absolute Gasteiger partial charge is 0.329 e. The van der Waals surface area contributed by atoms with Crippen molar-refractivity contribution in [3.63, 3.8) is 0 Å². The Kier molecular flexibility index (Phi) is 6.04. The highest BCUT2D eigenvalue weighted by Crippen LogP contribution is 2.33. The first kappa shape index (κ1) is 22.1. The Balaban J connectivity index is 1.40.